The second-order valence-electron chi connectivity index (χ2n) is 8.39. The van der Waals surface area contributed by atoms with E-state index in [2.05, 4.69) is 9.98 Å². The molecule has 1 fully saturated rings. The number of pyridine rings is 1. The minimum absolute atomic E-state index is 0.121. The van der Waals surface area contributed by atoms with Gasteiger partial charge in [-0.1, -0.05) is 18.5 Å². The Kier molecular flexibility index (Phi) is 6.96. The van der Waals surface area contributed by atoms with Crippen molar-refractivity contribution in [2.45, 2.75) is 38.0 Å². The molecule has 0 radical (unpaired) electrons. The number of nitrogens with zero attached hydrogens (tertiary/aromatic N) is 4. The van der Waals surface area contributed by atoms with Crippen molar-refractivity contribution < 1.29 is 31.2 Å². The first kappa shape index (κ1) is 25.9. The molecular weight excluding hydrogens is 507 g/mol. The number of furan rings is 1. The fraction of sp³-hybridized carbons (Fsp3) is 0.375. The standard InChI is InChI=1S/C24H22ClF5N4O2/c1-3-4-17(26)19(31-2)23(27)6-8-33(9-7-23)22(35)18-20(25)34-12-15(14-5-10-36-13-14)11-16(21(34)32-18)24(28,29)30/h4-5,10-13H,3,6-9H2,1-2H3/b17-4+,31-19?. The molecular formula is C24H22ClF5N4O2. The van der Waals surface area contributed by atoms with Crippen molar-refractivity contribution in [3.05, 3.63) is 59.2 Å². The molecule has 0 saturated carbocycles. The highest BCUT2D eigenvalue weighted by molar-refractivity contribution is 6.33. The molecule has 6 nitrogen and oxygen atoms in total. The maximum atomic E-state index is 15.5. The van der Waals surface area contributed by atoms with Crippen molar-refractivity contribution in [1.82, 2.24) is 14.3 Å². The zero-order valence-electron chi connectivity index (χ0n) is 19.4. The van der Waals surface area contributed by atoms with E-state index in [0.29, 0.717) is 12.0 Å². The van der Waals surface area contributed by atoms with Gasteiger partial charge >= 0.3 is 6.18 Å². The van der Waals surface area contributed by atoms with Gasteiger partial charge in [0.1, 0.15) is 16.7 Å². The van der Waals surface area contributed by atoms with Gasteiger partial charge in [-0.05, 0) is 24.6 Å². The molecule has 0 aliphatic carbocycles. The van der Waals surface area contributed by atoms with Crippen LogP contribution < -0.4 is 0 Å². The quantitative estimate of drug-likeness (QED) is 0.279. The highest BCUT2D eigenvalue weighted by atomic mass is 35.5. The molecule has 1 amide bonds. The Hall–Kier alpha value is -3.21. The largest absolute Gasteiger partial charge is 0.472 e. The van der Waals surface area contributed by atoms with E-state index in [1.54, 1.807) is 6.92 Å². The number of amides is 1. The molecule has 192 valence electrons. The Bertz CT molecular complexity index is 1340. The molecule has 0 bridgehead atoms. The van der Waals surface area contributed by atoms with Crippen LogP contribution in [0.25, 0.3) is 16.8 Å². The van der Waals surface area contributed by atoms with E-state index < -0.39 is 34.8 Å². The van der Waals surface area contributed by atoms with Gasteiger partial charge in [0.2, 0.25) is 0 Å². The van der Waals surface area contributed by atoms with Crippen molar-refractivity contribution in [3.8, 4) is 11.1 Å². The summed E-state index contributed by atoms with van der Waals surface area (Å²) >= 11 is 6.34. The number of likely N-dealkylation sites (tertiary alicyclic amines) is 1. The number of allylic oxidation sites excluding steroid dienone is 2. The number of aromatic nitrogens is 2. The van der Waals surface area contributed by atoms with Crippen molar-refractivity contribution in [1.29, 1.82) is 0 Å². The molecule has 1 saturated heterocycles. The number of hydrogen-bond donors (Lipinski definition) is 0. The van der Waals surface area contributed by atoms with Crippen LogP contribution in [-0.2, 0) is 6.18 Å². The highest BCUT2D eigenvalue weighted by Crippen LogP contribution is 2.38. The molecule has 4 heterocycles. The summed E-state index contributed by atoms with van der Waals surface area (Å²) < 4.78 is 77.4. The summed E-state index contributed by atoms with van der Waals surface area (Å²) in [7, 11) is 1.30. The van der Waals surface area contributed by atoms with E-state index in [9.17, 15) is 22.4 Å². The van der Waals surface area contributed by atoms with Crippen LogP contribution in [0.5, 0.6) is 0 Å². The van der Waals surface area contributed by atoms with Crippen LogP contribution in [-0.4, -0.2) is 51.7 Å². The molecule has 4 rings (SSSR count). The number of hydrogen-bond acceptors (Lipinski definition) is 4. The number of carbonyl (C=O) groups is 1. The van der Waals surface area contributed by atoms with Gasteiger partial charge < -0.3 is 9.32 Å². The molecule has 1 aliphatic rings. The lowest BCUT2D eigenvalue weighted by Gasteiger charge is -2.36. The summed E-state index contributed by atoms with van der Waals surface area (Å²) in [4.78, 5) is 22.1. The van der Waals surface area contributed by atoms with E-state index in [-0.39, 0.29) is 48.1 Å². The number of rotatable bonds is 5. The van der Waals surface area contributed by atoms with Gasteiger partial charge in [-0.3, -0.25) is 14.2 Å². The predicted octanol–water partition coefficient (Wildman–Crippen LogP) is 6.55. The Morgan fingerprint density at radius 3 is 2.56 bits per heavy atom. The summed E-state index contributed by atoms with van der Waals surface area (Å²) in [5.41, 5.74) is -3.85. The van der Waals surface area contributed by atoms with Crippen molar-refractivity contribution in [3.63, 3.8) is 0 Å². The zero-order chi connectivity index (χ0) is 26.3. The van der Waals surface area contributed by atoms with E-state index >= 15 is 4.39 Å². The first-order chi connectivity index (χ1) is 17.0. The van der Waals surface area contributed by atoms with Gasteiger partial charge in [0, 0.05) is 50.3 Å². The smallest absolute Gasteiger partial charge is 0.420 e. The lowest BCUT2D eigenvalue weighted by atomic mass is 9.87. The van der Waals surface area contributed by atoms with Crippen LogP contribution in [0, 0.1) is 0 Å². The van der Waals surface area contributed by atoms with E-state index in [4.69, 9.17) is 16.0 Å². The fourth-order valence-electron chi connectivity index (χ4n) is 4.30. The summed E-state index contributed by atoms with van der Waals surface area (Å²) in [5, 5.41) is -0.310. The molecule has 36 heavy (non-hydrogen) atoms. The lowest BCUT2D eigenvalue weighted by molar-refractivity contribution is -0.136. The van der Waals surface area contributed by atoms with Crippen molar-refractivity contribution in [2.24, 2.45) is 4.99 Å². The highest BCUT2D eigenvalue weighted by Gasteiger charge is 2.43. The minimum atomic E-state index is -4.78. The molecule has 3 aromatic heterocycles. The summed E-state index contributed by atoms with van der Waals surface area (Å²) in [6.45, 7) is 1.47. The van der Waals surface area contributed by atoms with Crippen molar-refractivity contribution in [2.75, 3.05) is 20.1 Å². The lowest BCUT2D eigenvalue weighted by Crippen LogP contribution is -2.48. The summed E-state index contributed by atoms with van der Waals surface area (Å²) in [6, 6.07) is 2.39. The monoisotopic (exact) mass is 528 g/mol. The number of imidazole rings is 1. The molecule has 0 atom stereocenters. The second kappa shape index (κ2) is 9.68. The number of halogens is 6. The van der Waals surface area contributed by atoms with E-state index in [0.717, 1.165) is 10.5 Å². The molecule has 12 heteroatoms. The third kappa shape index (κ3) is 4.63. The fourth-order valence-corrected chi connectivity index (χ4v) is 4.55. The maximum Gasteiger partial charge on any atom is 0.420 e. The van der Waals surface area contributed by atoms with Gasteiger partial charge in [-0.2, -0.15) is 13.2 Å². The van der Waals surface area contributed by atoms with Crippen LogP contribution in [0.1, 0.15) is 42.2 Å². The van der Waals surface area contributed by atoms with Crippen LogP contribution in [0.4, 0.5) is 22.0 Å². The molecule has 1 aliphatic heterocycles. The number of alkyl halides is 4. The molecule has 3 aromatic rings. The van der Waals surface area contributed by atoms with Gasteiger partial charge in [-0.15, -0.1) is 0 Å². The second-order valence-corrected chi connectivity index (χ2v) is 8.75. The number of fused-ring (bicyclic) bond motifs is 1. The third-order valence-electron chi connectivity index (χ3n) is 6.12. The summed E-state index contributed by atoms with van der Waals surface area (Å²) in [6.07, 6.45) is 0.268. The van der Waals surface area contributed by atoms with Gasteiger partial charge in [0.05, 0.1) is 18.1 Å². The summed E-state index contributed by atoms with van der Waals surface area (Å²) in [5.74, 6) is -1.50. The number of carbonyl (C=O) groups excluding carboxylic acids is 1. The Balaban J connectivity index is 1.66. The van der Waals surface area contributed by atoms with Crippen molar-refractivity contribution >= 4 is 28.9 Å². The first-order valence-corrected chi connectivity index (χ1v) is 11.5. The Labute approximate surface area is 208 Å². The number of piperidine rings is 1. The predicted molar refractivity (Wildman–Crippen MR) is 125 cm³/mol. The third-order valence-corrected chi connectivity index (χ3v) is 6.49. The maximum absolute atomic E-state index is 15.5. The Morgan fingerprint density at radius 1 is 1.31 bits per heavy atom. The normalized spacial score (nSPS) is 17.2. The van der Waals surface area contributed by atoms with Gasteiger partial charge in [0.15, 0.2) is 17.0 Å². The SMILES string of the molecule is CC/C=C(/F)C(=NC)C1(F)CCN(C(=O)c2nc3c(C(F)(F)F)cc(-c4ccoc4)cn3c2Cl)CC1. The van der Waals surface area contributed by atoms with Crippen LogP contribution in [0.15, 0.2) is 52.2 Å². The first-order valence-electron chi connectivity index (χ1n) is 11.1. The topological polar surface area (TPSA) is 63.1 Å². The number of aliphatic imine (C=N–C) groups is 1. The van der Waals surface area contributed by atoms with E-state index in [1.165, 1.54) is 42.8 Å². The average Bonchev–Trinajstić information content (AvgIpc) is 3.47. The van der Waals surface area contributed by atoms with E-state index in [1.807, 2.05) is 0 Å². The Morgan fingerprint density at radius 2 is 2.00 bits per heavy atom. The average molecular weight is 529 g/mol. The van der Waals surface area contributed by atoms with Crippen LogP contribution >= 0.6 is 11.6 Å². The molecule has 0 spiro atoms. The zero-order valence-corrected chi connectivity index (χ0v) is 20.1. The molecule has 0 unspecified atom stereocenters. The van der Waals surface area contributed by atoms with Crippen LogP contribution in [0.2, 0.25) is 5.15 Å². The molecule has 0 aromatic carbocycles. The molecule has 0 N–H and O–H groups in total. The minimum Gasteiger partial charge on any atom is -0.472 e. The van der Waals surface area contributed by atoms with Gasteiger partial charge in [0.25, 0.3) is 5.91 Å². The van der Waals surface area contributed by atoms with Gasteiger partial charge in [-0.25, -0.2) is 13.8 Å². The van der Waals surface area contributed by atoms with Crippen LogP contribution in [0.3, 0.4) is 0 Å².